The normalized spacial score (nSPS) is 10.6. The van der Waals surface area contributed by atoms with Gasteiger partial charge in [0.25, 0.3) is 5.91 Å². The van der Waals surface area contributed by atoms with Gasteiger partial charge >= 0.3 is 0 Å². The molecule has 0 aliphatic heterocycles. The Bertz CT molecular complexity index is 1060. The van der Waals surface area contributed by atoms with E-state index >= 15 is 0 Å². The summed E-state index contributed by atoms with van der Waals surface area (Å²) in [5, 5.41) is 2.40. The zero-order valence-electron chi connectivity index (χ0n) is 15.3. The van der Waals surface area contributed by atoms with Crippen molar-refractivity contribution in [3.05, 3.63) is 95.3 Å². The molecular formula is C22H18N4OS. The number of nitrogens with zero attached hydrogens (tertiary/aromatic N) is 4. The summed E-state index contributed by atoms with van der Waals surface area (Å²) in [6, 6.07) is 19.6. The zero-order chi connectivity index (χ0) is 19.3. The Morgan fingerprint density at radius 1 is 0.964 bits per heavy atom. The van der Waals surface area contributed by atoms with Gasteiger partial charge in [0.15, 0.2) is 10.8 Å². The number of hydrogen-bond donors (Lipinski definition) is 0. The van der Waals surface area contributed by atoms with Crippen LogP contribution in [0.2, 0.25) is 0 Å². The number of carbonyl (C=O) groups excluding carboxylic acids is 1. The maximum atomic E-state index is 13.3. The molecule has 0 unspecified atom stereocenters. The summed E-state index contributed by atoms with van der Waals surface area (Å²) < 4.78 is 0. The lowest BCUT2D eigenvalue weighted by Gasteiger charge is -2.22. The fourth-order valence-corrected chi connectivity index (χ4v) is 3.53. The molecule has 5 nitrogen and oxygen atoms in total. The van der Waals surface area contributed by atoms with E-state index in [1.807, 2.05) is 61.5 Å². The van der Waals surface area contributed by atoms with E-state index in [0.717, 1.165) is 16.8 Å². The summed E-state index contributed by atoms with van der Waals surface area (Å²) in [7, 11) is 0. The lowest BCUT2D eigenvalue weighted by Crippen LogP contribution is -2.30. The molecule has 0 atom stereocenters. The SMILES string of the molecule is Cc1ccc(N(Cc2ccccc2)C(=O)c2csc(-c3ncccn3)n2)cc1. The van der Waals surface area contributed by atoms with Gasteiger partial charge in [-0.15, -0.1) is 11.3 Å². The van der Waals surface area contributed by atoms with E-state index in [0.29, 0.717) is 23.1 Å². The predicted octanol–water partition coefficient (Wildman–Crippen LogP) is 4.76. The number of aromatic nitrogens is 3. The average Bonchev–Trinajstić information content (AvgIpc) is 3.24. The van der Waals surface area contributed by atoms with E-state index in [4.69, 9.17) is 0 Å². The van der Waals surface area contributed by atoms with Crippen LogP contribution in [0.5, 0.6) is 0 Å². The first-order chi connectivity index (χ1) is 13.7. The van der Waals surface area contributed by atoms with Crippen LogP contribution in [0.1, 0.15) is 21.6 Å². The number of rotatable bonds is 5. The van der Waals surface area contributed by atoms with Crippen molar-refractivity contribution in [2.24, 2.45) is 0 Å². The predicted molar refractivity (Wildman–Crippen MR) is 111 cm³/mol. The van der Waals surface area contributed by atoms with Gasteiger partial charge < -0.3 is 4.90 Å². The van der Waals surface area contributed by atoms with Gasteiger partial charge in [0.2, 0.25) is 0 Å². The summed E-state index contributed by atoms with van der Waals surface area (Å²) in [6.07, 6.45) is 3.33. The van der Waals surface area contributed by atoms with Crippen LogP contribution in [0.3, 0.4) is 0 Å². The molecule has 2 aromatic heterocycles. The minimum Gasteiger partial charge on any atom is -0.303 e. The van der Waals surface area contributed by atoms with Crippen LogP contribution in [0, 0.1) is 6.92 Å². The average molecular weight is 386 g/mol. The molecule has 0 saturated heterocycles. The van der Waals surface area contributed by atoms with E-state index in [1.54, 1.807) is 28.7 Å². The Kier molecular flexibility index (Phi) is 5.21. The molecule has 0 spiro atoms. The fraction of sp³-hybridized carbons (Fsp3) is 0.0909. The lowest BCUT2D eigenvalue weighted by atomic mass is 10.1. The van der Waals surface area contributed by atoms with Crippen LogP contribution in [-0.4, -0.2) is 20.9 Å². The maximum absolute atomic E-state index is 13.3. The minimum absolute atomic E-state index is 0.147. The van der Waals surface area contributed by atoms with Gasteiger partial charge in [0.05, 0.1) is 6.54 Å². The molecule has 4 rings (SSSR count). The highest BCUT2D eigenvalue weighted by atomic mass is 32.1. The van der Waals surface area contributed by atoms with Gasteiger partial charge in [-0.3, -0.25) is 4.79 Å². The van der Waals surface area contributed by atoms with Crippen LogP contribution in [0.25, 0.3) is 10.8 Å². The van der Waals surface area contributed by atoms with Crippen LogP contribution in [0.4, 0.5) is 5.69 Å². The number of thiazole rings is 1. The molecular weight excluding hydrogens is 368 g/mol. The number of anilines is 1. The molecule has 1 amide bonds. The molecule has 0 bridgehead atoms. The van der Waals surface area contributed by atoms with Crippen molar-refractivity contribution in [2.45, 2.75) is 13.5 Å². The van der Waals surface area contributed by atoms with Crippen LogP contribution in [0.15, 0.2) is 78.4 Å². The third-order valence-corrected chi connectivity index (χ3v) is 5.09. The quantitative estimate of drug-likeness (QED) is 0.496. The van der Waals surface area contributed by atoms with Crippen LogP contribution in [-0.2, 0) is 6.54 Å². The topological polar surface area (TPSA) is 59.0 Å². The van der Waals surface area contributed by atoms with E-state index in [1.165, 1.54) is 11.3 Å². The maximum Gasteiger partial charge on any atom is 0.278 e. The van der Waals surface area contributed by atoms with Gasteiger partial charge in [-0.2, -0.15) is 0 Å². The molecule has 0 saturated carbocycles. The molecule has 0 aliphatic carbocycles. The molecule has 2 heterocycles. The van der Waals surface area contributed by atoms with E-state index < -0.39 is 0 Å². The Hall–Kier alpha value is -3.38. The van der Waals surface area contributed by atoms with Crippen molar-refractivity contribution >= 4 is 22.9 Å². The third kappa shape index (κ3) is 3.97. The molecule has 28 heavy (non-hydrogen) atoms. The van der Waals surface area contributed by atoms with Crippen molar-refractivity contribution in [2.75, 3.05) is 4.90 Å². The summed E-state index contributed by atoms with van der Waals surface area (Å²) in [5.74, 6) is 0.377. The van der Waals surface area contributed by atoms with Crippen molar-refractivity contribution in [3.63, 3.8) is 0 Å². The Morgan fingerprint density at radius 3 is 2.39 bits per heavy atom. The second-order valence-electron chi connectivity index (χ2n) is 6.32. The first kappa shape index (κ1) is 18.0. The Morgan fingerprint density at radius 2 is 1.68 bits per heavy atom. The van der Waals surface area contributed by atoms with E-state index in [-0.39, 0.29) is 5.91 Å². The van der Waals surface area contributed by atoms with Crippen LogP contribution >= 0.6 is 11.3 Å². The monoisotopic (exact) mass is 386 g/mol. The van der Waals surface area contributed by atoms with Gasteiger partial charge in [0, 0.05) is 23.5 Å². The van der Waals surface area contributed by atoms with E-state index in [2.05, 4.69) is 15.0 Å². The molecule has 6 heteroatoms. The number of aryl methyl sites for hydroxylation is 1. The number of carbonyl (C=O) groups is 1. The highest BCUT2D eigenvalue weighted by molar-refractivity contribution is 7.13. The van der Waals surface area contributed by atoms with Gasteiger partial charge in [-0.25, -0.2) is 15.0 Å². The van der Waals surface area contributed by atoms with Crippen LogP contribution < -0.4 is 4.90 Å². The summed E-state index contributed by atoms with van der Waals surface area (Å²) in [6.45, 7) is 2.50. The number of benzene rings is 2. The molecule has 2 aromatic carbocycles. The van der Waals surface area contributed by atoms with Crippen molar-refractivity contribution < 1.29 is 4.79 Å². The molecule has 4 aromatic rings. The van der Waals surface area contributed by atoms with E-state index in [9.17, 15) is 4.79 Å². The minimum atomic E-state index is -0.147. The lowest BCUT2D eigenvalue weighted by molar-refractivity contribution is 0.0981. The summed E-state index contributed by atoms with van der Waals surface area (Å²) in [4.78, 5) is 28.0. The zero-order valence-corrected chi connectivity index (χ0v) is 16.1. The summed E-state index contributed by atoms with van der Waals surface area (Å²) >= 11 is 1.37. The number of hydrogen-bond acceptors (Lipinski definition) is 5. The highest BCUT2D eigenvalue weighted by Crippen LogP contribution is 2.24. The third-order valence-electron chi connectivity index (χ3n) is 4.25. The van der Waals surface area contributed by atoms with Crippen molar-refractivity contribution in [1.29, 1.82) is 0 Å². The van der Waals surface area contributed by atoms with Crippen molar-refractivity contribution in [3.8, 4) is 10.8 Å². The first-order valence-corrected chi connectivity index (χ1v) is 9.74. The molecule has 0 fully saturated rings. The largest absolute Gasteiger partial charge is 0.303 e. The fourth-order valence-electron chi connectivity index (χ4n) is 2.79. The van der Waals surface area contributed by atoms with Crippen molar-refractivity contribution in [1.82, 2.24) is 15.0 Å². The second-order valence-corrected chi connectivity index (χ2v) is 7.18. The van der Waals surface area contributed by atoms with Gasteiger partial charge in [-0.05, 0) is 30.7 Å². The summed E-state index contributed by atoms with van der Waals surface area (Å²) in [5.41, 5.74) is 3.43. The smallest absolute Gasteiger partial charge is 0.278 e. The molecule has 0 aliphatic rings. The first-order valence-electron chi connectivity index (χ1n) is 8.86. The second kappa shape index (κ2) is 8.10. The molecule has 0 N–H and O–H groups in total. The van der Waals surface area contributed by atoms with Gasteiger partial charge in [-0.1, -0.05) is 48.0 Å². The molecule has 138 valence electrons. The number of amides is 1. The molecule has 0 radical (unpaired) electrons. The Labute approximate surface area is 167 Å². The highest BCUT2D eigenvalue weighted by Gasteiger charge is 2.21. The standard InChI is InChI=1S/C22H18N4OS/c1-16-8-10-18(11-9-16)26(14-17-6-3-2-4-7-17)22(27)19-15-28-21(25-19)20-23-12-5-13-24-20/h2-13,15H,14H2,1H3. The Balaban J connectivity index is 1.67. The van der Waals surface area contributed by atoms with Gasteiger partial charge in [0.1, 0.15) is 5.69 Å².